The van der Waals surface area contributed by atoms with Gasteiger partial charge >= 0.3 is 0 Å². The topological polar surface area (TPSA) is 18.5 Å². The van der Waals surface area contributed by atoms with Gasteiger partial charge in [-0.05, 0) is 12.8 Å². The molecule has 0 saturated heterocycles. The Morgan fingerprint density at radius 2 is 1.33 bits per heavy atom. The number of ether oxygens (including phenoxy) is 2. The summed E-state index contributed by atoms with van der Waals surface area (Å²) in [5.74, 6) is 0. The van der Waals surface area contributed by atoms with Crippen LogP contribution in [0.2, 0.25) is 0 Å². The van der Waals surface area contributed by atoms with E-state index >= 15 is 0 Å². The lowest BCUT2D eigenvalue weighted by Gasteiger charge is -2.26. The quantitative estimate of drug-likeness (QED) is 0.552. The fourth-order valence-electron chi connectivity index (χ4n) is 1.52. The van der Waals surface area contributed by atoms with Gasteiger partial charge in [-0.25, -0.2) is 0 Å². The van der Waals surface area contributed by atoms with Crippen molar-refractivity contribution < 1.29 is 9.47 Å². The molecule has 2 heteroatoms. The predicted octanol–water partition coefficient (Wildman–Crippen LogP) is 1.68. The van der Waals surface area contributed by atoms with Crippen molar-refractivity contribution in [1.29, 1.82) is 0 Å². The van der Waals surface area contributed by atoms with E-state index in [9.17, 15) is 0 Å². The molecule has 2 atom stereocenters. The summed E-state index contributed by atoms with van der Waals surface area (Å²) in [5, 5.41) is 0. The summed E-state index contributed by atoms with van der Waals surface area (Å²) in [6, 6.07) is 0. The van der Waals surface area contributed by atoms with Crippen molar-refractivity contribution in [2.45, 2.75) is 25.0 Å². The molecule has 0 aromatic heterocycles. The van der Waals surface area contributed by atoms with Gasteiger partial charge in [-0.1, -0.05) is 24.3 Å². The molecular weight excluding hydrogens is 152 g/mol. The first-order valence-corrected chi connectivity index (χ1v) is 4.53. The molecule has 2 heterocycles. The van der Waals surface area contributed by atoms with E-state index in [1.54, 1.807) is 0 Å². The Morgan fingerprint density at radius 1 is 0.833 bits per heavy atom. The van der Waals surface area contributed by atoms with Crippen molar-refractivity contribution in [2.75, 3.05) is 13.2 Å². The molecule has 0 saturated carbocycles. The Hall–Kier alpha value is -0.600. The summed E-state index contributed by atoms with van der Waals surface area (Å²) >= 11 is 0. The van der Waals surface area contributed by atoms with Gasteiger partial charge in [0, 0.05) is 0 Å². The molecule has 0 aromatic rings. The normalized spacial score (nSPS) is 35.3. The number of rotatable bonds is 1. The van der Waals surface area contributed by atoms with E-state index in [4.69, 9.17) is 9.47 Å². The molecule has 0 amide bonds. The minimum Gasteiger partial charge on any atom is -0.371 e. The van der Waals surface area contributed by atoms with E-state index in [2.05, 4.69) is 24.3 Å². The molecule has 0 N–H and O–H groups in total. The minimum atomic E-state index is 0.148. The highest BCUT2D eigenvalue weighted by molar-refractivity contribution is 5.06. The molecule has 0 bridgehead atoms. The molecule has 0 aromatic carbocycles. The summed E-state index contributed by atoms with van der Waals surface area (Å²) in [6.07, 6.45) is 10.9. The van der Waals surface area contributed by atoms with Crippen molar-refractivity contribution in [3.05, 3.63) is 24.3 Å². The molecule has 2 aliphatic heterocycles. The summed E-state index contributed by atoms with van der Waals surface area (Å²) in [6.45, 7) is 1.66. The lowest BCUT2D eigenvalue weighted by Crippen LogP contribution is -2.32. The van der Waals surface area contributed by atoms with Gasteiger partial charge in [0.2, 0.25) is 0 Å². The van der Waals surface area contributed by atoms with E-state index in [-0.39, 0.29) is 12.2 Å². The number of hydrogen-bond donors (Lipinski definition) is 0. The van der Waals surface area contributed by atoms with Gasteiger partial charge in [0.1, 0.15) is 12.2 Å². The second kappa shape index (κ2) is 3.87. The van der Waals surface area contributed by atoms with Crippen LogP contribution in [0.15, 0.2) is 24.3 Å². The third-order valence-electron chi connectivity index (χ3n) is 2.16. The molecule has 66 valence electrons. The van der Waals surface area contributed by atoms with E-state index in [0.717, 1.165) is 26.1 Å². The maximum Gasteiger partial charge on any atom is 0.105 e. The highest BCUT2D eigenvalue weighted by Crippen LogP contribution is 2.15. The highest BCUT2D eigenvalue weighted by Gasteiger charge is 2.20. The van der Waals surface area contributed by atoms with Gasteiger partial charge in [0.15, 0.2) is 0 Å². The molecule has 12 heavy (non-hydrogen) atoms. The van der Waals surface area contributed by atoms with Crippen LogP contribution in [-0.2, 0) is 9.47 Å². The van der Waals surface area contributed by atoms with Crippen molar-refractivity contribution in [3.63, 3.8) is 0 Å². The highest BCUT2D eigenvalue weighted by atomic mass is 16.5. The van der Waals surface area contributed by atoms with Crippen LogP contribution in [0.1, 0.15) is 12.8 Å². The third-order valence-corrected chi connectivity index (χ3v) is 2.16. The average molecular weight is 166 g/mol. The summed E-state index contributed by atoms with van der Waals surface area (Å²) < 4.78 is 11.1. The van der Waals surface area contributed by atoms with Gasteiger partial charge in [0.05, 0.1) is 13.2 Å². The van der Waals surface area contributed by atoms with E-state index in [1.165, 1.54) is 0 Å². The van der Waals surface area contributed by atoms with Gasteiger partial charge in [-0.3, -0.25) is 0 Å². The molecule has 2 aliphatic rings. The molecule has 0 aliphatic carbocycles. The van der Waals surface area contributed by atoms with Gasteiger partial charge in [-0.15, -0.1) is 0 Å². The second-order valence-electron chi connectivity index (χ2n) is 3.10. The zero-order valence-corrected chi connectivity index (χ0v) is 7.11. The van der Waals surface area contributed by atoms with Crippen molar-refractivity contribution in [1.82, 2.24) is 0 Å². The third kappa shape index (κ3) is 1.76. The fourth-order valence-corrected chi connectivity index (χ4v) is 1.52. The Kier molecular flexibility index (Phi) is 2.59. The largest absolute Gasteiger partial charge is 0.371 e. The van der Waals surface area contributed by atoms with Crippen LogP contribution in [0.25, 0.3) is 0 Å². The minimum absolute atomic E-state index is 0.148. The predicted molar refractivity (Wildman–Crippen MR) is 47.0 cm³/mol. The Balaban J connectivity index is 1.97. The summed E-state index contributed by atoms with van der Waals surface area (Å²) in [4.78, 5) is 0. The maximum atomic E-state index is 5.55. The Bertz CT molecular complexity index is 174. The van der Waals surface area contributed by atoms with Gasteiger partial charge in [0.25, 0.3) is 0 Å². The van der Waals surface area contributed by atoms with Crippen molar-refractivity contribution in [3.8, 4) is 0 Å². The van der Waals surface area contributed by atoms with Crippen LogP contribution >= 0.6 is 0 Å². The van der Waals surface area contributed by atoms with Crippen molar-refractivity contribution >= 4 is 0 Å². The van der Waals surface area contributed by atoms with Crippen LogP contribution in [0.5, 0.6) is 0 Å². The standard InChI is InChI=1S/C10H14O2/c1-3-7-11-9(5-1)10-6-2-4-8-12-10/h1-2,5-6,9-10H,3-4,7-8H2/t9-,10-/m1/s1. The maximum absolute atomic E-state index is 5.55. The SMILES string of the molecule is C1=C[C@H]([C@H]2C=CCCO2)OCC1. The monoisotopic (exact) mass is 166 g/mol. The van der Waals surface area contributed by atoms with Crippen LogP contribution in [-0.4, -0.2) is 25.4 Å². The fraction of sp³-hybridized carbons (Fsp3) is 0.600. The first-order valence-electron chi connectivity index (χ1n) is 4.53. The Morgan fingerprint density at radius 3 is 1.67 bits per heavy atom. The summed E-state index contributed by atoms with van der Waals surface area (Å²) in [5.41, 5.74) is 0. The number of hydrogen-bond acceptors (Lipinski definition) is 2. The molecule has 0 radical (unpaired) electrons. The lowest BCUT2D eigenvalue weighted by molar-refractivity contribution is -0.0353. The van der Waals surface area contributed by atoms with E-state index < -0.39 is 0 Å². The lowest BCUT2D eigenvalue weighted by atomic mass is 10.1. The zero-order chi connectivity index (χ0) is 8.23. The van der Waals surface area contributed by atoms with Gasteiger partial charge < -0.3 is 9.47 Å². The summed E-state index contributed by atoms with van der Waals surface area (Å²) in [7, 11) is 0. The molecule has 2 rings (SSSR count). The zero-order valence-electron chi connectivity index (χ0n) is 7.11. The van der Waals surface area contributed by atoms with Crippen LogP contribution in [0.4, 0.5) is 0 Å². The smallest absolute Gasteiger partial charge is 0.105 e. The second-order valence-corrected chi connectivity index (χ2v) is 3.10. The molecular formula is C10H14O2. The van der Waals surface area contributed by atoms with Crippen molar-refractivity contribution in [2.24, 2.45) is 0 Å². The first-order chi connectivity index (χ1) is 5.97. The van der Waals surface area contributed by atoms with Gasteiger partial charge in [-0.2, -0.15) is 0 Å². The molecule has 0 unspecified atom stereocenters. The van der Waals surface area contributed by atoms with Crippen LogP contribution in [0, 0.1) is 0 Å². The molecule has 2 nitrogen and oxygen atoms in total. The average Bonchev–Trinajstić information content (AvgIpc) is 2.21. The molecule has 0 fully saturated rings. The first kappa shape index (κ1) is 8.02. The van der Waals surface area contributed by atoms with Crippen LogP contribution in [0.3, 0.4) is 0 Å². The van der Waals surface area contributed by atoms with Crippen LogP contribution < -0.4 is 0 Å². The molecule has 0 spiro atoms. The van der Waals surface area contributed by atoms with E-state index in [1.807, 2.05) is 0 Å². The Labute approximate surface area is 72.9 Å². The van der Waals surface area contributed by atoms with E-state index in [0.29, 0.717) is 0 Å².